The van der Waals surface area contributed by atoms with Gasteiger partial charge in [-0.1, -0.05) is 50.2 Å². The first-order chi connectivity index (χ1) is 15.2. The molecule has 0 aromatic heterocycles. The summed E-state index contributed by atoms with van der Waals surface area (Å²) < 4.78 is 0. The molecule has 0 aliphatic carbocycles. The number of rotatable bonds is 8. The average Bonchev–Trinajstić information content (AvgIpc) is 2.77. The number of nitrogens with two attached hydrogens (primary N) is 1. The molecule has 0 saturated heterocycles. The molecular formula is C22H30N4O6. The topological polar surface area (TPSA) is 171 Å². The maximum Gasteiger partial charge on any atom is 0.290 e. The zero-order chi connectivity index (χ0) is 24.3. The van der Waals surface area contributed by atoms with Gasteiger partial charge in [0.05, 0.1) is 6.61 Å². The number of carbonyl (C=O) groups is 4. The summed E-state index contributed by atoms with van der Waals surface area (Å²) in [7, 11) is 0. The van der Waals surface area contributed by atoms with Crippen LogP contribution >= 0.6 is 0 Å². The third-order valence-corrected chi connectivity index (χ3v) is 4.58. The Hall–Kier alpha value is -3.50. The van der Waals surface area contributed by atoms with Crippen LogP contribution in [0.25, 0.3) is 10.8 Å². The molecule has 0 aliphatic rings. The van der Waals surface area contributed by atoms with Crippen molar-refractivity contribution in [2.75, 3.05) is 11.9 Å². The Morgan fingerprint density at radius 2 is 1.56 bits per heavy atom. The molecule has 32 heavy (non-hydrogen) atoms. The fraction of sp³-hybridized carbons (Fsp3) is 0.364. The maximum atomic E-state index is 12.6. The SMILES string of the molecule is CC(C)[C@H](NC(=O)[C@@H](N)CO)C(=O)N[C@@H](C)C(=O)Nc1cccc2ccccc12.O=CO. The van der Waals surface area contributed by atoms with Gasteiger partial charge in [-0.05, 0) is 24.3 Å². The number of aliphatic hydroxyl groups is 1. The molecule has 0 unspecified atom stereocenters. The number of anilines is 1. The van der Waals surface area contributed by atoms with Gasteiger partial charge in [-0.15, -0.1) is 0 Å². The molecule has 0 heterocycles. The van der Waals surface area contributed by atoms with Crippen LogP contribution in [-0.4, -0.2) is 59.1 Å². The van der Waals surface area contributed by atoms with E-state index in [4.69, 9.17) is 20.7 Å². The van der Waals surface area contributed by atoms with Gasteiger partial charge in [0.1, 0.15) is 18.1 Å². The molecule has 2 aromatic rings. The highest BCUT2D eigenvalue weighted by Crippen LogP contribution is 2.23. The first-order valence-corrected chi connectivity index (χ1v) is 9.99. The second-order valence-electron chi connectivity index (χ2n) is 7.37. The minimum atomic E-state index is -1.11. The summed E-state index contributed by atoms with van der Waals surface area (Å²) in [6.45, 7) is 4.31. The minimum absolute atomic E-state index is 0.238. The molecule has 3 amide bonds. The van der Waals surface area contributed by atoms with Gasteiger partial charge < -0.3 is 31.9 Å². The summed E-state index contributed by atoms with van der Waals surface area (Å²) >= 11 is 0. The van der Waals surface area contributed by atoms with Gasteiger partial charge in [0.25, 0.3) is 6.47 Å². The predicted molar refractivity (Wildman–Crippen MR) is 121 cm³/mol. The lowest BCUT2D eigenvalue weighted by Gasteiger charge is -2.25. The number of nitrogens with one attached hydrogen (secondary N) is 3. The van der Waals surface area contributed by atoms with E-state index in [1.807, 2.05) is 36.4 Å². The van der Waals surface area contributed by atoms with E-state index in [-0.39, 0.29) is 18.3 Å². The second kappa shape index (κ2) is 13.0. The van der Waals surface area contributed by atoms with E-state index in [0.717, 1.165) is 10.8 Å². The highest BCUT2D eigenvalue weighted by atomic mass is 16.3. The second-order valence-corrected chi connectivity index (χ2v) is 7.37. The molecule has 2 rings (SSSR count). The molecule has 174 valence electrons. The van der Waals surface area contributed by atoms with Crippen LogP contribution in [0.5, 0.6) is 0 Å². The monoisotopic (exact) mass is 446 g/mol. The maximum absolute atomic E-state index is 12.6. The molecule has 0 spiro atoms. The van der Waals surface area contributed by atoms with Crippen LogP contribution in [0.3, 0.4) is 0 Å². The van der Waals surface area contributed by atoms with Gasteiger partial charge in [0.15, 0.2) is 0 Å². The van der Waals surface area contributed by atoms with Crippen molar-refractivity contribution in [2.45, 2.75) is 38.9 Å². The molecule has 10 heteroatoms. The highest BCUT2D eigenvalue weighted by molar-refractivity contribution is 6.04. The van der Waals surface area contributed by atoms with Crippen molar-refractivity contribution >= 4 is 40.7 Å². The Morgan fingerprint density at radius 3 is 2.16 bits per heavy atom. The number of carboxylic acid groups (broad SMARTS) is 1. The first-order valence-electron chi connectivity index (χ1n) is 9.99. The van der Waals surface area contributed by atoms with E-state index in [9.17, 15) is 14.4 Å². The summed E-state index contributed by atoms with van der Waals surface area (Å²) in [5.41, 5.74) is 6.14. The molecular weight excluding hydrogens is 416 g/mol. The van der Waals surface area contributed by atoms with Gasteiger partial charge >= 0.3 is 0 Å². The molecule has 0 bridgehead atoms. The van der Waals surface area contributed by atoms with Crippen molar-refractivity contribution in [3.63, 3.8) is 0 Å². The third-order valence-electron chi connectivity index (χ3n) is 4.58. The summed E-state index contributed by atoms with van der Waals surface area (Å²) in [5.74, 6) is -1.75. The van der Waals surface area contributed by atoms with Gasteiger partial charge in [-0.25, -0.2) is 0 Å². The van der Waals surface area contributed by atoms with Crippen molar-refractivity contribution in [2.24, 2.45) is 11.7 Å². The zero-order valence-corrected chi connectivity index (χ0v) is 18.2. The number of hydrogen-bond donors (Lipinski definition) is 6. The summed E-state index contributed by atoms with van der Waals surface area (Å²) in [4.78, 5) is 45.5. The van der Waals surface area contributed by atoms with E-state index in [0.29, 0.717) is 5.69 Å². The van der Waals surface area contributed by atoms with Crippen LogP contribution in [-0.2, 0) is 19.2 Å². The summed E-state index contributed by atoms with van der Waals surface area (Å²) in [6, 6.07) is 10.4. The van der Waals surface area contributed by atoms with Crippen LogP contribution < -0.4 is 21.7 Å². The van der Waals surface area contributed by atoms with Gasteiger partial charge in [0, 0.05) is 11.1 Å². The average molecular weight is 447 g/mol. The lowest BCUT2D eigenvalue weighted by molar-refractivity contribution is -0.132. The lowest BCUT2D eigenvalue weighted by atomic mass is 10.0. The molecule has 2 aromatic carbocycles. The van der Waals surface area contributed by atoms with Crippen LogP contribution in [0.2, 0.25) is 0 Å². The first kappa shape index (κ1) is 26.5. The molecule has 0 saturated carbocycles. The van der Waals surface area contributed by atoms with E-state index in [2.05, 4.69) is 16.0 Å². The number of benzene rings is 2. The quantitative estimate of drug-likeness (QED) is 0.319. The Kier molecular flexibility index (Phi) is 10.8. The number of amides is 3. The van der Waals surface area contributed by atoms with Crippen molar-refractivity contribution < 1.29 is 29.4 Å². The largest absolute Gasteiger partial charge is 0.483 e. The molecule has 0 fully saturated rings. The van der Waals surface area contributed by atoms with Crippen molar-refractivity contribution in [3.8, 4) is 0 Å². The highest BCUT2D eigenvalue weighted by Gasteiger charge is 2.28. The van der Waals surface area contributed by atoms with E-state index in [1.54, 1.807) is 26.8 Å². The van der Waals surface area contributed by atoms with Crippen molar-refractivity contribution in [3.05, 3.63) is 42.5 Å². The Morgan fingerprint density at radius 1 is 0.969 bits per heavy atom. The number of carbonyl (C=O) groups excluding carboxylic acids is 3. The number of hydrogen-bond acceptors (Lipinski definition) is 6. The van der Waals surface area contributed by atoms with E-state index in [1.165, 1.54) is 0 Å². The fourth-order valence-corrected chi connectivity index (χ4v) is 2.82. The number of fused-ring (bicyclic) bond motifs is 1. The number of aliphatic hydroxyl groups excluding tert-OH is 1. The van der Waals surface area contributed by atoms with Gasteiger partial charge in [0.2, 0.25) is 17.7 Å². The van der Waals surface area contributed by atoms with E-state index < -0.39 is 36.5 Å². The molecule has 0 radical (unpaired) electrons. The molecule has 10 nitrogen and oxygen atoms in total. The Balaban J connectivity index is 0.00000161. The predicted octanol–water partition coefficient (Wildman–Crippen LogP) is 0.444. The van der Waals surface area contributed by atoms with Crippen LogP contribution in [0, 0.1) is 5.92 Å². The van der Waals surface area contributed by atoms with Crippen molar-refractivity contribution in [1.82, 2.24) is 10.6 Å². The molecule has 7 N–H and O–H groups in total. The normalized spacial score (nSPS) is 13.2. The minimum Gasteiger partial charge on any atom is -0.483 e. The van der Waals surface area contributed by atoms with Crippen LogP contribution in [0.15, 0.2) is 42.5 Å². The van der Waals surface area contributed by atoms with Crippen LogP contribution in [0.1, 0.15) is 20.8 Å². The van der Waals surface area contributed by atoms with E-state index >= 15 is 0 Å². The van der Waals surface area contributed by atoms with Crippen molar-refractivity contribution in [1.29, 1.82) is 0 Å². The summed E-state index contributed by atoms with van der Waals surface area (Å²) in [5, 5.41) is 25.7. The molecule has 3 atom stereocenters. The van der Waals surface area contributed by atoms with Gasteiger partial charge in [-0.2, -0.15) is 0 Å². The smallest absolute Gasteiger partial charge is 0.290 e. The zero-order valence-electron chi connectivity index (χ0n) is 18.2. The lowest BCUT2D eigenvalue weighted by Crippen LogP contribution is -2.56. The fourth-order valence-electron chi connectivity index (χ4n) is 2.82. The molecule has 0 aliphatic heterocycles. The third kappa shape index (κ3) is 7.64. The standard InChI is InChI=1S/C21H28N4O4.CH2O2/c1-12(2)18(25-20(28)16(22)11-26)21(29)23-13(3)19(27)24-17-10-6-8-14-7-4-5-9-15(14)17;2-1-3/h4-10,12-13,16,18,26H,11,22H2,1-3H3,(H,23,29)(H,24,27)(H,25,28);1H,(H,2,3)/t13-,16-,18-;/m0./s1. The summed E-state index contributed by atoms with van der Waals surface area (Å²) in [6.07, 6.45) is 0. The Bertz CT molecular complexity index is 928. The van der Waals surface area contributed by atoms with Crippen LogP contribution in [0.4, 0.5) is 5.69 Å². The Labute approximate surface area is 186 Å². The van der Waals surface area contributed by atoms with Gasteiger partial charge in [-0.3, -0.25) is 19.2 Å².